The first-order valence-corrected chi connectivity index (χ1v) is 9.15. The zero-order chi connectivity index (χ0) is 19.8. The molecule has 1 unspecified atom stereocenters. The number of hydrogen-bond donors (Lipinski definition) is 2. The predicted octanol–water partition coefficient (Wildman–Crippen LogP) is 4.74. The number of rotatable bonds is 7. The Morgan fingerprint density at radius 2 is 1.43 bits per heavy atom. The zero-order valence-corrected chi connectivity index (χ0v) is 15.6. The van der Waals surface area contributed by atoms with Crippen LogP contribution in [-0.4, -0.2) is 17.9 Å². The summed E-state index contributed by atoms with van der Waals surface area (Å²) in [6, 6.07) is 25.3. The molecular formula is C23H22N2O3. The van der Waals surface area contributed by atoms with Crippen molar-refractivity contribution in [1.82, 2.24) is 0 Å². The monoisotopic (exact) mass is 374 g/mol. The van der Waals surface area contributed by atoms with Crippen LogP contribution in [0, 0.1) is 0 Å². The first-order valence-electron chi connectivity index (χ1n) is 9.15. The highest BCUT2D eigenvalue weighted by Crippen LogP contribution is 2.19. The number of nitrogens with one attached hydrogen (secondary N) is 2. The van der Waals surface area contributed by atoms with E-state index in [9.17, 15) is 9.59 Å². The number of amides is 2. The molecule has 2 N–H and O–H groups in total. The van der Waals surface area contributed by atoms with Gasteiger partial charge in [-0.15, -0.1) is 0 Å². The van der Waals surface area contributed by atoms with Crippen molar-refractivity contribution in [3.63, 3.8) is 0 Å². The second kappa shape index (κ2) is 9.37. The van der Waals surface area contributed by atoms with Gasteiger partial charge in [-0.2, -0.15) is 0 Å². The van der Waals surface area contributed by atoms with E-state index in [0.29, 0.717) is 29.1 Å². The average Bonchev–Trinajstić information content (AvgIpc) is 2.73. The van der Waals surface area contributed by atoms with Crippen LogP contribution in [0.3, 0.4) is 0 Å². The standard InChI is InChI=1S/C23H22N2O3/c1-2-21(28-18-13-7-4-8-14-18)23(27)25-20-16-10-9-15-19(20)22(26)24-17-11-5-3-6-12-17/h3-16,21H,2H2,1H3,(H,24,26)(H,25,27). The van der Waals surface area contributed by atoms with Gasteiger partial charge in [0.15, 0.2) is 6.10 Å². The smallest absolute Gasteiger partial charge is 0.265 e. The molecule has 1 atom stereocenters. The lowest BCUT2D eigenvalue weighted by atomic mass is 10.1. The molecule has 5 nitrogen and oxygen atoms in total. The van der Waals surface area contributed by atoms with E-state index in [2.05, 4.69) is 10.6 Å². The minimum atomic E-state index is -0.660. The quantitative estimate of drug-likeness (QED) is 0.628. The van der Waals surface area contributed by atoms with Gasteiger partial charge in [-0.3, -0.25) is 9.59 Å². The molecule has 0 heterocycles. The van der Waals surface area contributed by atoms with Crippen LogP contribution in [0.1, 0.15) is 23.7 Å². The molecule has 0 aliphatic carbocycles. The molecule has 0 aliphatic heterocycles. The first-order chi connectivity index (χ1) is 13.7. The Bertz CT molecular complexity index is 927. The molecule has 0 bridgehead atoms. The fraction of sp³-hybridized carbons (Fsp3) is 0.130. The highest BCUT2D eigenvalue weighted by Gasteiger charge is 2.21. The summed E-state index contributed by atoms with van der Waals surface area (Å²) in [5.41, 5.74) is 1.51. The SMILES string of the molecule is CCC(Oc1ccccc1)C(=O)Nc1ccccc1C(=O)Nc1ccccc1. The van der Waals surface area contributed by atoms with Crippen LogP contribution in [-0.2, 0) is 4.79 Å². The molecule has 0 saturated heterocycles. The Morgan fingerprint density at radius 1 is 0.821 bits per heavy atom. The van der Waals surface area contributed by atoms with Crippen LogP contribution < -0.4 is 15.4 Å². The highest BCUT2D eigenvalue weighted by molar-refractivity contribution is 6.10. The van der Waals surface area contributed by atoms with Gasteiger partial charge in [0.2, 0.25) is 0 Å². The van der Waals surface area contributed by atoms with Gasteiger partial charge in [-0.05, 0) is 42.8 Å². The Morgan fingerprint density at radius 3 is 2.11 bits per heavy atom. The van der Waals surface area contributed by atoms with Gasteiger partial charge >= 0.3 is 0 Å². The van der Waals surface area contributed by atoms with Crippen LogP contribution in [0.15, 0.2) is 84.9 Å². The second-order valence-electron chi connectivity index (χ2n) is 6.18. The van der Waals surface area contributed by atoms with E-state index in [1.165, 1.54) is 0 Å². The maximum atomic E-state index is 12.7. The van der Waals surface area contributed by atoms with E-state index < -0.39 is 6.10 Å². The van der Waals surface area contributed by atoms with Crippen molar-refractivity contribution >= 4 is 23.2 Å². The van der Waals surface area contributed by atoms with Gasteiger partial charge in [0.05, 0.1) is 11.3 Å². The van der Waals surface area contributed by atoms with Crippen LogP contribution in [0.25, 0.3) is 0 Å². The van der Waals surface area contributed by atoms with Gasteiger partial charge in [-0.25, -0.2) is 0 Å². The lowest BCUT2D eigenvalue weighted by Gasteiger charge is -2.18. The highest BCUT2D eigenvalue weighted by atomic mass is 16.5. The fourth-order valence-electron chi connectivity index (χ4n) is 2.71. The lowest BCUT2D eigenvalue weighted by molar-refractivity contribution is -0.122. The number of anilines is 2. The minimum absolute atomic E-state index is 0.292. The number of hydrogen-bond acceptors (Lipinski definition) is 3. The van der Waals surface area contributed by atoms with Crippen LogP contribution in [0.2, 0.25) is 0 Å². The molecule has 0 fully saturated rings. The summed E-state index contributed by atoms with van der Waals surface area (Å²) in [7, 11) is 0. The molecule has 3 rings (SSSR count). The summed E-state index contributed by atoms with van der Waals surface area (Å²) >= 11 is 0. The molecule has 0 saturated carbocycles. The minimum Gasteiger partial charge on any atom is -0.481 e. The average molecular weight is 374 g/mol. The van der Waals surface area contributed by atoms with Crippen molar-refractivity contribution in [2.24, 2.45) is 0 Å². The normalized spacial score (nSPS) is 11.3. The van der Waals surface area contributed by atoms with Gasteiger partial charge in [0.25, 0.3) is 11.8 Å². The molecular weight excluding hydrogens is 352 g/mol. The summed E-state index contributed by atoms with van der Waals surface area (Å²) in [5.74, 6) is 0.0325. The van der Waals surface area contributed by atoms with E-state index in [4.69, 9.17) is 4.74 Å². The van der Waals surface area contributed by atoms with E-state index in [1.807, 2.05) is 43.3 Å². The van der Waals surface area contributed by atoms with Crippen LogP contribution in [0.5, 0.6) is 5.75 Å². The van der Waals surface area contributed by atoms with Gasteiger partial charge < -0.3 is 15.4 Å². The third-order valence-corrected chi connectivity index (χ3v) is 4.15. The molecule has 5 heteroatoms. The van der Waals surface area contributed by atoms with Crippen molar-refractivity contribution in [3.05, 3.63) is 90.5 Å². The van der Waals surface area contributed by atoms with E-state index >= 15 is 0 Å². The Hall–Kier alpha value is -3.60. The number of ether oxygens (including phenoxy) is 1. The molecule has 0 radical (unpaired) electrons. The maximum Gasteiger partial charge on any atom is 0.265 e. The largest absolute Gasteiger partial charge is 0.481 e. The fourth-order valence-corrected chi connectivity index (χ4v) is 2.71. The van der Waals surface area contributed by atoms with E-state index in [-0.39, 0.29) is 11.8 Å². The third kappa shape index (κ3) is 4.98. The van der Waals surface area contributed by atoms with Crippen molar-refractivity contribution in [2.75, 3.05) is 10.6 Å². The van der Waals surface area contributed by atoms with Crippen molar-refractivity contribution < 1.29 is 14.3 Å². The number of para-hydroxylation sites is 3. The summed E-state index contributed by atoms with van der Waals surface area (Å²) in [6.45, 7) is 1.88. The van der Waals surface area contributed by atoms with Crippen molar-refractivity contribution in [2.45, 2.75) is 19.4 Å². The third-order valence-electron chi connectivity index (χ3n) is 4.15. The Kier molecular flexibility index (Phi) is 6.41. The number of carbonyl (C=O) groups is 2. The molecule has 0 aromatic heterocycles. The van der Waals surface area contributed by atoms with Gasteiger partial charge in [-0.1, -0.05) is 55.5 Å². The van der Waals surface area contributed by atoms with E-state index in [0.717, 1.165) is 0 Å². The molecule has 3 aromatic rings. The molecule has 28 heavy (non-hydrogen) atoms. The molecule has 0 aliphatic rings. The molecule has 3 aromatic carbocycles. The summed E-state index contributed by atoms with van der Waals surface area (Å²) < 4.78 is 5.78. The summed E-state index contributed by atoms with van der Waals surface area (Å²) in [5, 5.41) is 5.66. The van der Waals surface area contributed by atoms with Crippen molar-refractivity contribution in [3.8, 4) is 5.75 Å². The maximum absolute atomic E-state index is 12.7. The Balaban J connectivity index is 1.73. The van der Waals surface area contributed by atoms with Crippen molar-refractivity contribution in [1.29, 1.82) is 0 Å². The van der Waals surface area contributed by atoms with Gasteiger partial charge in [0, 0.05) is 5.69 Å². The second-order valence-corrected chi connectivity index (χ2v) is 6.18. The summed E-state index contributed by atoms with van der Waals surface area (Å²) in [4.78, 5) is 25.4. The number of carbonyl (C=O) groups excluding carboxylic acids is 2. The molecule has 142 valence electrons. The lowest BCUT2D eigenvalue weighted by Crippen LogP contribution is -2.33. The zero-order valence-electron chi connectivity index (χ0n) is 15.6. The topological polar surface area (TPSA) is 67.4 Å². The Labute approximate surface area is 164 Å². The van der Waals surface area contributed by atoms with E-state index in [1.54, 1.807) is 48.5 Å². The first kappa shape index (κ1) is 19.2. The van der Waals surface area contributed by atoms with Gasteiger partial charge in [0.1, 0.15) is 5.75 Å². The van der Waals surface area contributed by atoms with Crippen LogP contribution in [0.4, 0.5) is 11.4 Å². The van der Waals surface area contributed by atoms with Crippen LogP contribution >= 0.6 is 0 Å². The molecule has 2 amide bonds. The predicted molar refractivity (Wildman–Crippen MR) is 111 cm³/mol. The number of benzene rings is 3. The molecule has 0 spiro atoms. The summed E-state index contributed by atoms with van der Waals surface area (Å²) in [6.07, 6.45) is -0.160.